The molecule has 1 aromatic carbocycles. The van der Waals surface area contributed by atoms with Gasteiger partial charge < -0.3 is 4.90 Å². The number of benzene rings is 1. The van der Waals surface area contributed by atoms with E-state index in [-0.39, 0.29) is 30.8 Å². The van der Waals surface area contributed by atoms with Crippen LogP contribution in [0.4, 0.5) is 17.6 Å². The summed E-state index contributed by atoms with van der Waals surface area (Å²) in [6.45, 7) is 0.198. The van der Waals surface area contributed by atoms with Gasteiger partial charge in [0.05, 0.1) is 16.6 Å². The van der Waals surface area contributed by atoms with E-state index in [0.29, 0.717) is 0 Å². The number of piperidine rings is 1. The van der Waals surface area contributed by atoms with Crippen molar-refractivity contribution >= 4 is 15.7 Å². The summed E-state index contributed by atoms with van der Waals surface area (Å²) < 4.78 is 74.2. The van der Waals surface area contributed by atoms with Crippen LogP contribution in [0.15, 0.2) is 29.2 Å². The molecule has 1 saturated heterocycles. The first-order valence-corrected chi connectivity index (χ1v) is 8.98. The lowest BCUT2D eigenvalue weighted by atomic mass is 10.1. The van der Waals surface area contributed by atoms with Crippen LogP contribution in [0.2, 0.25) is 0 Å². The van der Waals surface area contributed by atoms with Gasteiger partial charge in [0.1, 0.15) is 5.82 Å². The van der Waals surface area contributed by atoms with E-state index in [1.165, 1.54) is 17.0 Å². The Morgan fingerprint density at radius 3 is 2.17 bits per heavy atom. The predicted molar refractivity (Wildman–Crippen MR) is 78.5 cm³/mol. The van der Waals surface area contributed by atoms with E-state index in [4.69, 9.17) is 0 Å². The van der Waals surface area contributed by atoms with E-state index in [9.17, 15) is 30.8 Å². The number of nitrogens with zero attached hydrogens (tertiary/aromatic N) is 1. The van der Waals surface area contributed by atoms with E-state index < -0.39 is 45.8 Å². The number of amides is 1. The fourth-order valence-corrected chi connectivity index (χ4v) is 4.37. The molecule has 0 unspecified atom stereocenters. The number of sulfone groups is 1. The van der Waals surface area contributed by atoms with Gasteiger partial charge in [0.2, 0.25) is 5.91 Å². The molecule has 0 radical (unpaired) electrons. The van der Waals surface area contributed by atoms with Gasteiger partial charge in [-0.1, -0.05) is 0 Å². The highest BCUT2D eigenvalue weighted by Crippen LogP contribution is 2.26. The summed E-state index contributed by atoms with van der Waals surface area (Å²) in [5, 5.41) is -0.727. The van der Waals surface area contributed by atoms with Gasteiger partial charge in [-0.05, 0) is 37.1 Å². The number of alkyl halides is 3. The Labute approximate surface area is 137 Å². The molecular formula is C15H17F4NO3S. The molecule has 0 bridgehead atoms. The van der Waals surface area contributed by atoms with Gasteiger partial charge in [-0.15, -0.1) is 0 Å². The molecule has 1 amide bonds. The van der Waals surface area contributed by atoms with Gasteiger partial charge >= 0.3 is 6.18 Å². The van der Waals surface area contributed by atoms with Crippen molar-refractivity contribution in [2.45, 2.75) is 42.0 Å². The van der Waals surface area contributed by atoms with Crippen LogP contribution in [0.1, 0.15) is 25.7 Å². The molecule has 0 aliphatic carbocycles. The van der Waals surface area contributed by atoms with Gasteiger partial charge in [0, 0.05) is 19.5 Å². The fourth-order valence-electron chi connectivity index (χ4n) is 2.64. The van der Waals surface area contributed by atoms with Crippen molar-refractivity contribution in [3.05, 3.63) is 30.1 Å². The lowest BCUT2D eigenvalue weighted by Gasteiger charge is -2.32. The van der Waals surface area contributed by atoms with Crippen LogP contribution in [0.5, 0.6) is 0 Å². The molecular weight excluding hydrogens is 350 g/mol. The van der Waals surface area contributed by atoms with E-state index in [0.717, 1.165) is 12.1 Å². The molecule has 1 aliphatic heterocycles. The molecule has 134 valence electrons. The number of halogens is 4. The molecule has 9 heteroatoms. The molecule has 24 heavy (non-hydrogen) atoms. The Hall–Kier alpha value is -1.64. The van der Waals surface area contributed by atoms with Crippen molar-refractivity contribution in [1.29, 1.82) is 0 Å². The van der Waals surface area contributed by atoms with Crippen molar-refractivity contribution in [2.24, 2.45) is 0 Å². The molecule has 0 spiro atoms. The molecule has 1 aliphatic rings. The zero-order valence-electron chi connectivity index (χ0n) is 12.7. The first-order valence-electron chi connectivity index (χ1n) is 7.43. The van der Waals surface area contributed by atoms with Crippen LogP contribution in [-0.4, -0.2) is 43.7 Å². The summed E-state index contributed by atoms with van der Waals surface area (Å²) >= 11 is 0. The van der Waals surface area contributed by atoms with Crippen molar-refractivity contribution in [1.82, 2.24) is 4.90 Å². The topological polar surface area (TPSA) is 54.5 Å². The Bertz CT molecular complexity index is 678. The van der Waals surface area contributed by atoms with E-state index in [2.05, 4.69) is 0 Å². The smallest absolute Gasteiger partial charge is 0.343 e. The zero-order chi connectivity index (χ0) is 18.0. The Kier molecular flexibility index (Phi) is 5.52. The Balaban J connectivity index is 1.94. The Morgan fingerprint density at radius 1 is 1.12 bits per heavy atom. The summed E-state index contributed by atoms with van der Waals surface area (Å²) in [5.41, 5.74) is 0. The van der Waals surface area contributed by atoms with Crippen LogP contribution in [-0.2, 0) is 14.6 Å². The maximum Gasteiger partial charge on any atom is 0.389 e. The quantitative estimate of drug-likeness (QED) is 0.607. The largest absolute Gasteiger partial charge is 0.389 e. The number of hydrogen-bond acceptors (Lipinski definition) is 3. The average Bonchev–Trinajstić information content (AvgIpc) is 2.52. The number of rotatable bonds is 4. The molecule has 1 fully saturated rings. The average molecular weight is 367 g/mol. The van der Waals surface area contributed by atoms with Crippen LogP contribution in [0.25, 0.3) is 0 Å². The van der Waals surface area contributed by atoms with Crippen LogP contribution in [0.3, 0.4) is 0 Å². The fraction of sp³-hybridized carbons (Fsp3) is 0.533. The number of carbonyl (C=O) groups is 1. The van der Waals surface area contributed by atoms with Gasteiger partial charge in [0.15, 0.2) is 9.84 Å². The molecule has 0 aromatic heterocycles. The summed E-state index contributed by atoms with van der Waals surface area (Å²) in [7, 11) is -3.65. The van der Waals surface area contributed by atoms with Gasteiger partial charge in [-0.3, -0.25) is 4.79 Å². The molecule has 0 atom stereocenters. The van der Waals surface area contributed by atoms with E-state index in [1.807, 2.05) is 0 Å². The second-order valence-electron chi connectivity index (χ2n) is 5.69. The first-order chi connectivity index (χ1) is 11.1. The van der Waals surface area contributed by atoms with Gasteiger partial charge in [-0.2, -0.15) is 13.2 Å². The summed E-state index contributed by atoms with van der Waals surface area (Å²) in [6, 6.07) is 4.49. The van der Waals surface area contributed by atoms with Crippen LogP contribution < -0.4 is 0 Å². The SMILES string of the molecule is O=C(CCC(F)(F)F)N1CCC(S(=O)(=O)c2ccc(F)cc2)CC1. The number of carbonyl (C=O) groups excluding carboxylic acids is 1. The standard InChI is InChI=1S/C15H17F4NO3S/c16-11-1-3-12(4-2-11)24(22,23)13-6-9-20(10-7-13)14(21)5-8-15(17,18)19/h1-4,13H,5-10H2. The molecule has 1 heterocycles. The third-order valence-corrected chi connectivity index (χ3v) is 6.28. The maximum atomic E-state index is 12.9. The lowest BCUT2D eigenvalue weighted by molar-refractivity contribution is -0.149. The van der Waals surface area contributed by atoms with Crippen molar-refractivity contribution in [3.8, 4) is 0 Å². The van der Waals surface area contributed by atoms with Crippen molar-refractivity contribution < 1.29 is 30.8 Å². The normalized spacial score (nSPS) is 17.1. The molecule has 4 nitrogen and oxygen atoms in total. The first kappa shape index (κ1) is 18.7. The van der Waals surface area contributed by atoms with Gasteiger partial charge in [-0.25, -0.2) is 12.8 Å². The number of hydrogen-bond donors (Lipinski definition) is 0. The Morgan fingerprint density at radius 2 is 1.67 bits per heavy atom. The highest BCUT2D eigenvalue weighted by Gasteiger charge is 2.34. The summed E-state index contributed by atoms with van der Waals surface area (Å²) in [4.78, 5) is 13.0. The maximum absolute atomic E-state index is 12.9. The second-order valence-corrected chi connectivity index (χ2v) is 7.92. The molecule has 2 rings (SSSR count). The second kappa shape index (κ2) is 7.08. The lowest BCUT2D eigenvalue weighted by Crippen LogP contribution is -2.42. The zero-order valence-corrected chi connectivity index (χ0v) is 13.5. The van der Waals surface area contributed by atoms with Crippen molar-refractivity contribution in [2.75, 3.05) is 13.1 Å². The van der Waals surface area contributed by atoms with Crippen LogP contribution >= 0.6 is 0 Å². The summed E-state index contributed by atoms with van der Waals surface area (Å²) in [6.07, 6.45) is -5.90. The van der Waals surface area contributed by atoms with E-state index in [1.54, 1.807) is 0 Å². The monoisotopic (exact) mass is 367 g/mol. The highest BCUT2D eigenvalue weighted by molar-refractivity contribution is 7.92. The minimum atomic E-state index is -4.39. The minimum Gasteiger partial charge on any atom is -0.343 e. The molecule has 1 aromatic rings. The number of likely N-dealkylation sites (tertiary alicyclic amines) is 1. The van der Waals surface area contributed by atoms with E-state index >= 15 is 0 Å². The molecule has 0 N–H and O–H groups in total. The highest BCUT2D eigenvalue weighted by atomic mass is 32.2. The predicted octanol–water partition coefficient (Wildman–Crippen LogP) is 2.93. The third-order valence-electron chi connectivity index (χ3n) is 4.00. The van der Waals surface area contributed by atoms with Crippen molar-refractivity contribution in [3.63, 3.8) is 0 Å². The summed E-state index contributed by atoms with van der Waals surface area (Å²) in [5.74, 6) is -1.16. The van der Waals surface area contributed by atoms with Gasteiger partial charge in [0.25, 0.3) is 0 Å². The molecule has 0 saturated carbocycles. The third kappa shape index (κ3) is 4.68. The van der Waals surface area contributed by atoms with Crippen LogP contribution in [0, 0.1) is 5.82 Å². The minimum absolute atomic E-state index is 0.00532.